The number of tetrazole rings is 1. The second-order valence-corrected chi connectivity index (χ2v) is 7.31. The topological polar surface area (TPSA) is 115 Å². The maximum atomic E-state index is 8.36. The first-order valence-electron chi connectivity index (χ1n) is 8.88. The van der Waals surface area contributed by atoms with Gasteiger partial charge in [-0.25, -0.2) is 9.67 Å². The Labute approximate surface area is 171 Å². The van der Waals surface area contributed by atoms with Crippen LogP contribution in [0.15, 0.2) is 30.5 Å². The monoisotopic (exact) mass is 418 g/mol. The Kier molecular flexibility index (Phi) is 7.22. The lowest BCUT2D eigenvalue weighted by Gasteiger charge is -2.31. The summed E-state index contributed by atoms with van der Waals surface area (Å²) in [6.45, 7) is 2.88. The maximum Gasteiger partial charge on any atom is 0.290 e. The van der Waals surface area contributed by atoms with Crippen LogP contribution in [-0.4, -0.2) is 68.5 Å². The van der Waals surface area contributed by atoms with Crippen LogP contribution in [0.1, 0.15) is 16.8 Å². The van der Waals surface area contributed by atoms with Crippen molar-refractivity contribution in [2.24, 2.45) is 7.05 Å². The minimum absolute atomic E-state index is 0.106. The van der Waals surface area contributed by atoms with E-state index in [9.17, 15) is 0 Å². The Morgan fingerprint density at radius 3 is 2.93 bits per heavy atom. The molecule has 1 unspecified atom stereocenters. The molecule has 10 nitrogen and oxygen atoms in total. The molecule has 0 bridgehead atoms. The molecule has 4 rings (SSSR count). The van der Waals surface area contributed by atoms with E-state index in [1.54, 1.807) is 23.1 Å². The first-order valence-corrected chi connectivity index (χ1v) is 9.70. The van der Waals surface area contributed by atoms with Crippen molar-refractivity contribution in [2.45, 2.75) is 12.6 Å². The van der Waals surface area contributed by atoms with Crippen LogP contribution in [0.4, 0.5) is 0 Å². The number of carbonyl (C=O) groups is 1. The summed E-state index contributed by atoms with van der Waals surface area (Å²) in [4.78, 5) is 16.5. The highest BCUT2D eigenvalue weighted by atomic mass is 32.1. The number of thiazole rings is 1. The fraction of sp³-hybridized carbons (Fsp3) is 0.389. The summed E-state index contributed by atoms with van der Waals surface area (Å²) in [6.07, 6.45) is 1.84. The molecule has 154 valence electrons. The lowest BCUT2D eigenvalue weighted by atomic mass is 10.2. The predicted octanol–water partition coefficient (Wildman–Crippen LogP) is 1.62. The number of aromatic nitrogens is 5. The molecule has 0 amide bonds. The molecule has 1 saturated heterocycles. The van der Waals surface area contributed by atoms with Crippen LogP contribution in [0.25, 0.3) is 10.6 Å². The molecule has 11 heteroatoms. The molecule has 1 fully saturated rings. The molecule has 0 saturated carbocycles. The number of ether oxygens (including phenoxy) is 2. The van der Waals surface area contributed by atoms with Gasteiger partial charge in [-0.2, -0.15) is 0 Å². The van der Waals surface area contributed by atoms with Crippen molar-refractivity contribution < 1.29 is 19.4 Å². The molecule has 3 aromatic rings. The fourth-order valence-electron chi connectivity index (χ4n) is 3.06. The minimum atomic E-state index is -0.250. The van der Waals surface area contributed by atoms with Gasteiger partial charge in [0.1, 0.15) is 16.9 Å². The van der Waals surface area contributed by atoms with Crippen LogP contribution in [0, 0.1) is 0 Å². The van der Waals surface area contributed by atoms with E-state index >= 15 is 0 Å². The van der Waals surface area contributed by atoms with E-state index in [1.165, 1.54) is 4.88 Å². The van der Waals surface area contributed by atoms with Crippen LogP contribution >= 0.6 is 11.3 Å². The number of benzene rings is 1. The summed E-state index contributed by atoms with van der Waals surface area (Å²) in [6, 6.07) is 7.96. The molecule has 1 atom stereocenters. The Hall–Kier alpha value is -2.89. The lowest BCUT2D eigenvalue weighted by molar-refractivity contribution is -0.122. The molecule has 1 N–H and O–H groups in total. The van der Waals surface area contributed by atoms with Crippen molar-refractivity contribution in [2.75, 3.05) is 26.8 Å². The van der Waals surface area contributed by atoms with E-state index in [-0.39, 0.29) is 12.6 Å². The number of morpholine rings is 1. The van der Waals surface area contributed by atoms with Gasteiger partial charge in [-0.1, -0.05) is 12.1 Å². The fourth-order valence-corrected chi connectivity index (χ4v) is 4.04. The number of hydrogen-bond acceptors (Lipinski definition) is 9. The highest BCUT2D eigenvalue weighted by Crippen LogP contribution is 2.33. The molecule has 1 aliphatic rings. The molecule has 1 aliphatic heterocycles. The second-order valence-electron chi connectivity index (χ2n) is 6.19. The zero-order valence-corrected chi connectivity index (χ0v) is 16.9. The number of para-hydroxylation sites is 1. The molecule has 0 radical (unpaired) electrons. The van der Waals surface area contributed by atoms with E-state index in [1.807, 2.05) is 37.5 Å². The van der Waals surface area contributed by atoms with Gasteiger partial charge in [0.15, 0.2) is 5.82 Å². The average Bonchev–Trinajstić information content (AvgIpc) is 3.38. The third kappa shape index (κ3) is 5.13. The Bertz CT molecular complexity index is 930. The van der Waals surface area contributed by atoms with Gasteiger partial charge in [0.05, 0.1) is 19.3 Å². The maximum absolute atomic E-state index is 8.36. The first-order chi connectivity index (χ1) is 14.2. The zero-order chi connectivity index (χ0) is 20.6. The Morgan fingerprint density at radius 1 is 1.41 bits per heavy atom. The second kappa shape index (κ2) is 10.0. The number of nitrogens with zero attached hydrogens (tertiary/aromatic N) is 6. The summed E-state index contributed by atoms with van der Waals surface area (Å²) >= 11 is 1.69. The highest BCUT2D eigenvalue weighted by molar-refractivity contribution is 7.15. The Balaban J connectivity index is 0.000000755. The molecule has 3 heterocycles. The normalized spacial score (nSPS) is 16.7. The zero-order valence-electron chi connectivity index (χ0n) is 16.1. The first kappa shape index (κ1) is 20.8. The quantitative estimate of drug-likeness (QED) is 0.617. The molecule has 0 aliphatic carbocycles. The van der Waals surface area contributed by atoms with Crippen LogP contribution in [-0.2, 0) is 23.1 Å². The number of methoxy groups -OCH3 is 1. The van der Waals surface area contributed by atoms with E-state index in [4.69, 9.17) is 19.4 Å². The molecular weight excluding hydrogens is 396 g/mol. The number of hydrogen-bond donors (Lipinski definition) is 1. The van der Waals surface area contributed by atoms with Crippen molar-refractivity contribution >= 4 is 17.8 Å². The van der Waals surface area contributed by atoms with Crippen LogP contribution in [0.3, 0.4) is 0 Å². The standard InChI is InChI=1S/C17H20N6O2S.CH2O2/c1-22-16(19-20-21-22)15-11-23(7-8-25-15)10-12-9-18-17(26-12)13-5-3-4-6-14(13)24-2;2-1-3/h3-6,9,15H,7-8,10-11H2,1-2H3;1H,(H,2,3). The largest absolute Gasteiger partial charge is 0.496 e. The van der Waals surface area contributed by atoms with Crippen LogP contribution in [0.2, 0.25) is 0 Å². The van der Waals surface area contributed by atoms with Gasteiger partial charge in [0.2, 0.25) is 0 Å². The molecule has 2 aromatic heterocycles. The SMILES string of the molecule is COc1ccccc1-c1ncc(CN2CCOC(c3nnnn3C)C2)s1.O=CO. The molecule has 29 heavy (non-hydrogen) atoms. The van der Waals surface area contributed by atoms with Gasteiger partial charge < -0.3 is 14.6 Å². The summed E-state index contributed by atoms with van der Waals surface area (Å²) in [5, 5.41) is 19.5. The highest BCUT2D eigenvalue weighted by Gasteiger charge is 2.26. The van der Waals surface area contributed by atoms with Gasteiger partial charge >= 0.3 is 0 Å². The predicted molar refractivity (Wildman–Crippen MR) is 106 cm³/mol. The summed E-state index contributed by atoms with van der Waals surface area (Å²) in [5.74, 6) is 1.60. The number of carboxylic acid groups (broad SMARTS) is 1. The van der Waals surface area contributed by atoms with Gasteiger partial charge in [-0.15, -0.1) is 16.4 Å². The van der Waals surface area contributed by atoms with Gasteiger partial charge in [0.25, 0.3) is 6.47 Å². The third-order valence-electron chi connectivity index (χ3n) is 4.36. The van der Waals surface area contributed by atoms with Gasteiger partial charge in [-0.3, -0.25) is 9.69 Å². The van der Waals surface area contributed by atoms with Crippen LogP contribution < -0.4 is 4.74 Å². The number of aryl methyl sites for hydroxylation is 1. The van der Waals surface area contributed by atoms with Crippen LogP contribution in [0.5, 0.6) is 5.75 Å². The van der Waals surface area contributed by atoms with E-state index in [0.29, 0.717) is 6.61 Å². The molecule has 0 spiro atoms. The van der Waals surface area contributed by atoms with Crippen molar-refractivity contribution in [3.8, 4) is 16.3 Å². The summed E-state index contributed by atoms with van der Waals surface area (Å²) < 4.78 is 13.0. The third-order valence-corrected chi connectivity index (χ3v) is 5.38. The summed E-state index contributed by atoms with van der Waals surface area (Å²) in [5.41, 5.74) is 1.02. The number of rotatable bonds is 5. The molecular formula is C18H22N6O4S. The Morgan fingerprint density at radius 2 is 2.21 bits per heavy atom. The van der Waals surface area contributed by atoms with Crippen molar-refractivity contribution in [3.05, 3.63) is 41.2 Å². The van der Waals surface area contributed by atoms with E-state index in [0.717, 1.165) is 41.8 Å². The lowest BCUT2D eigenvalue weighted by Crippen LogP contribution is -2.38. The van der Waals surface area contributed by atoms with E-state index < -0.39 is 0 Å². The van der Waals surface area contributed by atoms with Gasteiger partial charge in [0, 0.05) is 37.8 Å². The smallest absolute Gasteiger partial charge is 0.290 e. The summed E-state index contributed by atoms with van der Waals surface area (Å²) in [7, 11) is 3.52. The molecule has 1 aromatic carbocycles. The van der Waals surface area contributed by atoms with Crippen molar-refractivity contribution in [1.29, 1.82) is 0 Å². The van der Waals surface area contributed by atoms with Crippen molar-refractivity contribution in [3.63, 3.8) is 0 Å². The average molecular weight is 418 g/mol. The minimum Gasteiger partial charge on any atom is -0.496 e. The van der Waals surface area contributed by atoms with E-state index in [2.05, 4.69) is 25.4 Å². The van der Waals surface area contributed by atoms with Crippen molar-refractivity contribution in [1.82, 2.24) is 30.1 Å². The van der Waals surface area contributed by atoms with Gasteiger partial charge in [-0.05, 0) is 22.6 Å².